The summed E-state index contributed by atoms with van der Waals surface area (Å²) in [7, 11) is 2.17. The van der Waals surface area contributed by atoms with Gasteiger partial charge in [0.2, 0.25) is 0 Å². The van der Waals surface area contributed by atoms with Crippen molar-refractivity contribution in [2.75, 3.05) is 20.2 Å². The van der Waals surface area contributed by atoms with E-state index >= 15 is 0 Å². The Morgan fingerprint density at radius 1 is 1.03 bits per heavy atom. The minimum Gasteiger partial charge on any atom is -0.494 e. The van der Waals surface area contributed by atoms with Gasteiger partial charge in [-0.15, -0.1) is 0 Å². The number of likely N-dealkylation sites (N-methyl/N-ethyl adjacent to an activating group) is 1. The number of aryl methyl sites for hydroxylation is 1. The summed E-state index contributed by atoms with van der Waals surface area (Å²) in [5.74, 6) is 1.56. The molecule has 1 heterocycles. The molecular weight excluding hydrogens is 394 g/mol. The molecule has 1 aliphatic heterocycles. The van der Waals surface area contributed by atoms with Gasteiger partial charge in [-0.3, -0.25) is 0 Å². The first-order valence-corrected chi connectivity index (χ1v) is 12.0. The van der Waals surface area contributed by atoms with Gasteiger partial charge in [0, 0.05) is 24.5 Å². The SMILES string of the molecule is CC.CN1CCc2cc(OCCCc3ccc(/C(N)=C/C=C(\N)C4CC4)cc3)ccc2C1. The lowest BCUT2D eigenvalue weighted by Crippen LogP contribution is -2.26. The Balaban J connectivity index is 0.00000141. The Bertz CT molecular complexity index is 926. The molecule has 1 saturated carbocycles. The van der Waals surface area contributed by atoms with E-state index in [1.54, 1.807) is 0 Å². The molecule has 0 unspecified atom stereocenters. The Morgan fingerprint density at radius 3 is 2.50 bits per heavy atom. The molecule has 1 aliphatic carbocycles. The van der Waals surface area contributed by atoms with Crippen molar-refractivity contribution in [1.82, 2.24) is 4.90 Å². The summed E-state index contributed by atoms with van der Waals surface area (Å²) in [6, 6.07) is 15.0. The summed E-state index contributed by atoms with van der Waals surface area (Å²) < 4.78 is 6.00. The second-order valence-electron chi connectivity index (χ2n) is 8.63. The standard InChI is InChI=1S/C26H33N3O.C2H6/c1-29-15-14-22-17-24(11-10-23(22)18-29)30-16-2-3-19-4-6-20(7-5-19)25(27)12-13-26(28)21-8-9-21;1-2/h4-7,10-13,17,21H,2-3,8-9,14-16,18,27-28H2,1H3;1-2H3/b25-12-,26-13-;. The highest BCUT2D eigenvalue weighted by Gasteiger charge is 2.23. The van der Waals surface area contributed by atoms with Gasteiger partial charge in [0.15, 0.2) is 0 Å². The van der Waals surface area contributed by atoms with Crippen molar-refractivity contribution in [3.05, 3.63) is 82.6 Å². The first-order valence-electron chi connectivity index (χ1n) is 12.0. The fraction of sp³-hybridized carbons (Fsp3) is 0.429. The summed E-state index contributed by atoms with van der Waals surface area (Å²) in [4.78, 5) is 2.36. The summed E-state index contributed by atoms with van der Waals surface area (Å²) in [6.07, 6.45) is 9.39. The highest BCUT2D eigenvalue weighted by atomic mass is 16.5. The quantitative estimate of drug-likeness (QED) is 0.440. The van der Waals surface area contributed by atoms with Crippen LogP contribution < -0.4 is 16.2 Å². The molecule has 2 aromatic carbocycles. The van der Waals surface area contributed by atoms with Gasteiger partial charge in [0.05, 0.1) is 6.61 Å². The topological polar surface area (TPSA) is 64.5 Å². The Morgan fingerprint density at radius 2 is 1.78 bits per heavy atom. The van der Waals surface area contributed by atoms with E-state index in [9.17, 15) is 0 Å². The van der Waals surface area contributed by atoms with Gasteiger partial charge < -0.3 is 21.1 Å². The van der Waals surface area contributed by atoms with E-state index in [0.717, 1.165) is 61.7 Å². The normalized spacial score (nSPS) is 16.7. The van der Waals surface area contributed by atoms with Gasteiger partial charge in [-0.2, -0.15) is 0 Å². The van der Waals surface area contributed by atoms with Crippen LogP contribution in [0.5, 0.6) is 5.75 Å². The van der Waals surface area contributed by atoms with Gasteiger partial charge >= 0.3 is 0 Å². The summed E-state index contributed by atoms with van der Waals surface area (Å²) in [6.45, 7) is 6.89. The average Bonchev–Trinajstić information content (AvgIpc) is 3.67. The molecule has 4 N–H and O–H groups in total. The van der Waals surface area contributed by atoms with Gasteiger partial charge in [-0.25, -0.2) is 0 Å². The van der Waals surface area contributed by atoms with Crippen molar-refractivity contribution in [3.63, 3.8) is 0 Å². The second-order valence-corrected chi connectivity index (χ2v) is 8.63. The molecule has 0 aromatic heterocycles. The lowest BCUT2D eigenvalue weighted by molar-refractivity contribution is 0.302. The van der Waals surface area contributed by atoms with Crippen LogP contribution in [0.1, 0.15) is 55.4 Å². The van der Waals surface area contributed by atoms with Crippen molar-refractivity contribution < 1.29 is 4.74 Å². The summed E-state index contributed by atoms with van der Waals surface area (Å²) in [5, 5.41) is 0. The van der Waals surface area contributed by atoms with Gasteiger partial charge in [-0.1, -0.05) is 44.2 Å². The number of benzene rings is 2. The van der Waals surface area contributed by atoms with E-state index in [1.165, 1.54) is 29.5 Å². The van der Waals surface area contributed by atoms with E-state index in [1.807, 2.05) is 26.0 Å². The third kappa shape index (κ3) is 6.89. The van der Waals surface area contributed by atoms with Crippen LogP contribution in [-0.4, -0.2) is 25.1 Å². The van der Waals surface area contributed by atoms with Gasteiger partial charge in [0.25, 0.3) is 0 Å². The minimum absolute atomic E-state index is 0.571. The molecule has 0 saturated heterocycles. The first kappa shape index (κ1) is 23.9. The van der Waals surface area contributed by atoms with Crippen LogP contribution in [0, 0.1) is 5.92 Å². The van der Waals surface area contributed by atoms with E-state index < -0.39 is 0 Å². The number of rotatable bonds is 8. The maximum Gasteiger partial charge on any atom is 0.119 e. The van der Waals surface area contributed by atoms with Crippen LogP contribution in [0.15, 0.2) is 60.3 Å². The number of hydrogen-bond acceptors (Lipinski definition) is 4. The zero-order chi connectivity index (χ0) is 22.9. The molecule has 1 fully saturated rings. The Kier molecular flexibility index (Phi) is 8.81. The average molecular weight is 434 g/mol. The molecule has 172 valence electrons. The molecule has 4 nitrogen and oxygen atoms in total. The van der Waals surface area contributed by atoms with Gasteiger partial charge in [-0.05, 0) is 91.6 Å². The molecule has 0 amide bonds. The molecule has 4 heteroatoms. The minimum atomic E-state index is 0.571. The van der Waals surface area contributed by atoms with Crippen molar-refractivity contribution in [3.8, 4) is 5.75 Å². The lowest BCUT2D eigenvalue weighted by atomic mass is 10.00. The third-order valence-electron chi connectivity index (χ3n) is 6.05. The van der Waals surface area contributed by atoms with E-state index in [-0.39, 0.29) is 0 Å². The van der Waals surface area contributed by atoms with Crippen molar-refractivity contribution in [2.45, 2.75) is 52.5 Å². The molecule has 0 spiro atoms. The van der Waals surface area contributed by atoms with Gasteiger partial charge in [0.1, 0.15) is 5.75 Å². The van der Waals surface area contributed by atoms with Crippen LogP contribution in [0.4, 0.5) is 0 Å². The predicted molar refractivity (Wildman–Crippen MR) is 135 cm³/mol. The molecule has 2 aliphatic rings. The fourth-order valence-corrected chi connectivity index (χ4v) is 3.93. The molecule has 4 rings (SSSR count). The maximum absolute atomic E-state index is 6.19. The predicted octanol–water partition coefficient (Wildman–Crippen LogP) is 5.26. The number of nitrogens with zero attached hydrogens (tertiary/aromatic N) is 1. The number of fused-ring (bicyclic) bond motifs is 1. The molecule has 2 aromatic rings. The highest BCUT2D eigenvalue weighted by molar-refractivity contribution is 5.64. The molecular formula is C28H39N3O. The zero-order valence-corrected chi connectivity index (χ0v) is 19.9. The van der Waals surface area contributed by atoms with Crippen LogP contribution >= 0.6 is 0 Å². The molecule has 0 radical (unpaired) electrons. The number of hydrogen-bond donors (Lipinski definition) is 2. The van der Waals surface area contributed by atoms with Crippen LogP contribution in [0.2, 0.25) is 0 Å². The fourth-order valence-electron chi connectivity index (χ4n) is 3.93. The number of allylic oxidation sites excluding steroid dienone is 3. The maximum atomic E-state index is 6.19. The van der Waals surface area contributed by atoms with Crippen LogP contribution in [0.3, 0.4) is 0 Å². The number of ether oxygens (including phenoxy) is 1. The largest absolute Gasteiger partial charge is 0.494 e. The highest BCUT2D eigenvalue weighted by Crippen LogP contribution is 2.33. The third-order valence-corrected chi connectivity index (χ3v) is 6.05. The van der Waals surface area contributed by atoms with E-state index in [4.69, 9.17) is 16.2 Å². The van der Waals surface area contributed by atoms with E-state index in [0.29, 0.717) is 5.92 Å². The lowest BCUT2D eigenvalue weighted by Gasteiger charge is -2.25. The molecule has 32 heavy (non-hydrogen) atoms. The van der Waals surface area contributed by atoms with Crippen molar-refractivity contribution >= 4 is 5.70 Å². The smallest absolute Gasteiger partial charge is 0.119 e. The van der Waals surface area contributed by atoms with Crippen LogP contribution in [-0.2, 0) is 19.4 Å². The van der Waals surface area contributed by atoms with Crippen molar-refractivity contribution in [1.29, 1.82) is 0 Å². The van der Waals surface area contributed by atoms with E-state index in [2.05, 4.69) is 54.4 Å². The summed E-state index contributed by atoms with van der Waals surface area (Å²) >= 11 is 0. The first-order chi connectivity index (χ1) is 15.6. The van der Waals surface area contributed by atoms with Crippen molar-refractivity contribution in [2.24, 2.45) is 17.4 Å². The molecule has 0 bridgehead atoms. The zero-order valence-electron chi connectivity index (χ0n) is 19.9. The number of nitrogens with two attached hydrogens (primary N) is 2. The Hall–Kier alpha value is -2.72. The Labute approximate surface area is 193 Å². The second kappa shape index (κ2) is 11.8. The summed E-state index contributed by atoms with van der Waals surface area (Å²) in [5.41, 5.74) is 19.1. The van der Waals surface area contributed by atoms with Crippen LogP contribution in [0.25, 0.3) is 5.70 Å². The molecule has 0 atom stereocenters. The monoisotopic (exact) mass is 433 g/mol.